The molecule has 2 heterocycles. The molecule has 0 aromatic heterocycles. The largest absolute Gasteiger partial charge is 0.511 e. The van der Waals surface area contributed by atoms with Crippen LogP contribution in [0.2, 0.25) is 0 Å². The first-order valence-electron chi connectivity index (χ1n) is 11.2. The summed E-state index contributed by atoms with van der Waals surface area (Å²) in [4.78, 5) is 13.4. The fraction of sp³-hybridized carbons (Fsp3) is 0.375. The molecule has 0 unspecified atom stereocenters. The number of carboxylic acid groups (broad SMARTS) is 1. The van der Waals surface area contributed by atoms with Gasteiger partial charge >= 0.3 is 6.16 Å². The summed E-state index contributed by atoms with van der Waals surface area (Å²) in [7, 11) is -4.21. The number of ether oxygens (including phenoxy) is 2. The Morgan fingerprint density at radius 1 is 1.26 bits per heavy atom. The second-order valence-electron chi connectivity index (χ2n) is 8.84. The highest BCUT2D eigenvalue weighted by Gasteiger charge is 2.45. The molecule has 2 aliphatic heterocycles. The average molecular weight is 489 g/mol. The Morgan fingerprint density at radius 2 is 2.06 bits per heavy atom. The highest BCUT2D eigenvalue weighted by atomic mass is 32.2. The van der Waals surface area contributed by atoms with Crippen molar-refractivity contribution in [1.82, 2.24) is 4.90 Å². The van der Waals surface area contributed by atoms with Crippen LogP contribution in [-0.2, 0) is 10.0 Å². The summed E-state index contributed by atoms with van der Waals surface area (Å²) in [6.07, 6.45) is 5.02. The van der Waals surface area contributed by atoms with E-state index in [2.05, 4.69) is 9.62 Å². The predicted molar refractivity (Wildman–Crippen MR) is 123 cm³/mol. The van der Waals surface area contributed by atoms with Gasteiger partial charge in [-0.3, -0.25) is 9.62 Å². The molecule has 10 heteroatoms. The van der Waals surface area contributed by atoms with Crippen LogP contribution in [0.1, 0.15) is 36.3 Å². The van der Waals surface area contributed by atoms with Gasteiger partial charge in [0.05, 0.1) is 17.2 Å². The number of nitrogens with zero attached hydrogens (tertiary/aromatic N) is 1. The standard InChI is InChI=1S/C24H25FN2O6S/c25-17-5-8-21(15(12-17)4-3-11-27-9-1-2-10-27)34(30,31)26-20-7-6-18-19-13-16(19)14-32-22(18)23(20)33-24(28)29/h3-8,12,16,19,26H,1-2,9-11,13-14H2,(H,28,29)/b4-3-/t16-,19-/m1/s1. The molecule has 0 amide bonds. The lowest BCUT2D eigenvalue weighted by molar-refractivity contribution is 0.141. The number of hydrogen-bond donors (Lipinski definition) is 2. The van der Waals surface area contributed by atoms with Crippen LogP contribution in [0, 0.1) is 11.7 Å². The Morgan fingerprint density at radius 3 is 2.82 bits per heavy atom. The minimum absolute atomic E-state index is 0.0587. The number of hydrogen-bond acceptors (Lipinski definition) is 6. The summed E-state index contributed by atoms with van der Waals surface area (Å²) in [6, 6.07) is 6.63. The summed E-state index contributed by atoms with van der Waals surface area (Å²) < 4.78 is 53.7. The molecule has 1 saturated carbocycles. The monoisotopic (exact) mass is 488 g/mol. The molecule has 3 aliphatic rings. The number of fused-ring (bicyclic) bond motifs is 3. The van der Waals surface area contributed by atoms with E-state index in [-0.39, 0.29) is 33.6 Å². The predicted octanol–water partition coefficient (Wildman–Crippen LogP) is 4.29. The second-order valence-corrected chi connectivity index (χ2v) is 10.5. The van der Waals surface area contributed by atoms with Crippen LogP contribution in [0.15, 0.2) is 41.3 Å². The van der Waals surface area contributed by atoms with Crippen LogP contribution in [0.25, 0.3) is 6.08 Å². The van der Waals surface area contributed by atoms with Crippen LogP contribution >= 0.6 is 0 Å². The molecule has 2 fully saturated rings. The van der Waals surface area contributed by atoms with Crippen molar-refractivity contribution in [3.05, 3.63) is 53.4 Å². The third-order valence-corrected chi connectivity index (χ3v) is 7.90. The summed E-state index contributed by atoms with van der Waals surface area (Å²) in [6.45, 7) is 3.03. The number of carbonyl (C=O) groups is 1. The number of sulfonamides is 1. The van der Waals surface area contributed by atoms with E-state index in [9.17, 15) is 22.7 Å². The van der Waals surface area contributed by atoms with E-state index < -0.39 is 22.0 Å². The zero-order valence-electron chi connectivity index (χ0n) is 18.4. The summed E-state index contributed by atoms with van der Waals surface area (Å²) in [5, 5.41) is 9.24. The Balaban J connectivity index is 1.46. The lowest BCUT2D eigenvalue weighted by Gasteiger charge is -2.21. The van der Waals surface area contributed by atoms with Gasteiger partial charge in [-0.2, -0.15) is 0 Å². The van der Waals surface area contributed by atoms with Crippen molar-refractivity contribution in [3.8, 4) is 11.5 Å². The molecule has 2 aromatic carbocycles. The number of likely N-dealkylation sites (tertiary alicyclic amines) is 1. The van der Waals surface area contributed by atoms with Gasteiger partial charge in [-0.05, 0) is 68.1 Å². The Hall–Kier alpha value is -3.11. The molecule has 180 valence electrons. The van der Waals surface area contributed by atoms with Gasteiger partial charge in [0.1, 0.15) is 5.82 Å². The van der Waals surface area contributed by atoms with E-state index in [0.717, 1.165) is 50.0 Å². The van der Waals surface area contributed by atoms with E-state index >= 15 is 0 Å². The maximum Gasteiger partial charge on any atom is 0.511 e. The molecule has 0 bridgehead atoms. The van der Waals surface area contributed by atoms with Crippen LogP contribution in [0.3, 0.4) is 0 Å². The van der Waals surface area contributed by atoms with Gasteiger partial charge in [0.25, 0.3) is 10.0 Å². The lowest BCUT2D eigenvalue weighted by atomic mass is 10.0. The van der Waals surface area contributed by atoms with Gasteiger partial charge < -0.3 is 14.6 Å². The van der Waals surface area contributed by atoms with Crippen molar-refractivity contribution in [1.29, 1.82) is 0 Å². The Kier molecular flexibility index (Phi) is 5.95. The third-order valence-electron chi connectivity index (χ3n) is 6.46. The fourth-order valence-electron chi connectivity index (χ4n) is 4.68. The molecule has 0 radical (unpaired) electrons. The van der Waals surface area contributed by atoms with Gasteiger partial charge in [-0.15, -0.1) is 0 Å². The zero-order chi connectivity index (χ0) is 23.9. The lowest BCUT2D eigenvalue weighted by Crippen LogP contribution is -2.19. The van der Waals surface area contributed by atoms with E-state index in [1.807, 2.05) is 6.08 Å². The normalized spacial score (nSPS) is 21.6. The number of nitrogens with one attached hydrogen (secondary N) is 1. The Labute approximate surface area is 197 Å². The van der Waals surface area contributed by atoms with E-state index in [1.165, 1.54) is 12.1 Å². The summed E-state index contributed by atoms with van der Waals surface area (Å²) in [5.41, 5.74) is 0.946. The van der Waals surface area contributed by atoms with E-state index in [1.54, 1.807) is 12.1 Å². The van der Waals surface area contributed by atoms with Crippen molar-refractivity contribution >= 4 is 27.9 Å². The minimum Gasteiger partial charge on any atom is -0.489 e. The molecule has 8 nitrogen and oxygen atoms in total. The van der Waals surface area contributed by atoms with Crippen molar-refractivity contribution in [2.24, 2.45) is 5.92 Å². The van der Waals surface area contributed by atoms with Gasteiger partial charge in [-0.1, -0.05) is 18.2 Å². The fourth-order valence-corrected chi connectivity index (χ4v) is 5.92. The van der Waals surface area contributed by atoms with Crippen LogP contribution in [0.4, 0.5) is 14.9 Å². The second kappa shape index (κ2) is 8.92. The van der Waals surface area contributed by atoms with Crippen LogP contribution < -0.4 is 14.2 Å². The van der Waals surface area contributed by atoms with Crippen molar-refractivity contribution in [2.45, 2.75) is 30.1 Å². The average Bonchev–Trinajstić information content (AvgIpc) is 3.40. The minimum atomic E-state index is -4.21. The molecule has 2 atom stereocenters. The third kappa shape index (κ3) is 4.60. The zero-order valence-corrected chi connectivity index (χ0v) is 19.2. The molecule has 2 N–H and O–H groups in total. The van der Waals surface area contributed by atoms with E-state index in [0.29, 0.717) is 19.1 Å². The SMILES string of the molecule is O=C(O)Oc1c(NS(=O)(=O)c2ccc(F)cc2/C=C\CN2CCCC2)ccc2c1OC[C@H]1C[C@@H]21. The summed E-state index contributed by atoms with van der Waals surface area (Å²) in [5.74, 6) is 0.144. The maximum absolute atomic E-state index is 14.0. The number of rotatable bonds is 7. The first-order valence-corrected chi connectivity index (χ1v) is 12.7. The number of benzene rings is 2. The highest BCUT2D eigenvalue weighted by Crippen LogP contribution is 2.57. The van der Waals surface area contributed by atoms with Gasteiger partial charge in [0.2, 0.25) is 5.75 Å². The van der Waals surface area contributed by atoms with E-state index in [4.69, 9.17) is 9.47 Å². The maximum atomic E-state index is 14.0. The Bertz CT molecular complexity index is 1260. The van der Waals surface area contributed by atoms with Gasteiger partial charge in [0, 0.05) is 18.0 Å². The molecule has 1 aliphatic carbocycles. The molecular formula is C24H25FN2O6S. The smallest absolute Gasteiger partial charge is 0.489 e. The molecule has 34 heavy (non-hydrogen) atoms. The quantitative estimate of drug-likeness (QED) is 0.443. The first kappa shape index (κ1) is 22.7. The number of halogens is 1. The van der Waals surface area contributed by atoms with Crippen molar-refractivity contribution < 1.29 is 32.2 Å². The first-order chi connectivity index (χ1) is 16.3. The molecule has 1 saturated heterocycles. The molecule has 5 rings (SSSR count). The van der Waals surface area contributed by atoms with Crippen molar-refractivity contribution in [3.63, 3.8) is 0 Å². The molecule has 2 aromatic rings. The molecular weight excluding hydrogens is 463 g/mol. The summed E-state index contributed by atoms with van der Waals surface area (Å²) >= 11 is 0. The van der Waals surface area contributed by atoms with Gasteiger partial charge in [-0.25, -0.2) is 17.6 Å². The topological polar surface area (TPSA) is 105 Å². The van der Waals surface area contributed by atoms with Crippen LogP contribution in [0.5, 0.6) is 11.5 Å². The number of anilines is 1. The van der Waals surface area contributed by atoms with Crippen LogP contribution in [-0.4, -0.2) is 50.8 Å². The van der Waals surface area contributed by atoms with Crippen molar-refractivity contribution in [2.75, 3.05) is 31.0 Å². The highest BCUT2D eigenvalue weighted by molar-refractivity contribution is 7.92. The molecule has 0 spiro atoms. The van der Waals surface area contributed by atoms with Gasteiger partial charge in [0.15, 0.2) is 5.75 Å².